The van der Waals surface area contributed by atoms with Gasteiger partial charge in [-0.25, -0.2) is 14.7 Å². The Morgan fingerprint density at radius 1 is 1.17 bits per heavy atom. The lowest BCUT2D eigenvalue weighted by Gasteiger charge is -2.33. The van der Waals surface area contributed by atoms with Gasteiger partial charge < -0.3 is 10.6 Å². The summed E-state index contributed by atoms with van der Waals surface area (Å²) in [6, 6.07) is 3.32. The number of carbonyl (C=O) groups is 3. The number of imide groups is 1. The molecular formula is C21H28BrN5O3. The van der Waals surface area contributed by atoms with Crippen molar-refractivity contribution >= 4 is 39.6 Å². The average molecular weight is 478 g/mol. The van der Waals surface area contributed by atoms with Crippen LogP contribution in [0.5, 0.6) is 0 Å². The van der Waals surface area contributed by atoms with Gasteiger partial charge in [-0.05, 0) is 53.7 Å². The SMILES string of the molecule is O=C(Nc1ccc(Br)cn1)C1CCN(CN2C(=O)NC3(CCCCCC3)C2=O)CC1. The van der Waals surface area contributed by atoms with Crippen molar-refractivity contribution in [3.8, 4) is 0 Å². The summed E-state index contributed by atoms with van der Waals surface area (Å²) in [5.74, 6) is 0.342. The van der Waals surface area contributed by atoms with E-state index in [0.717, 1.165) is 43.0 Å². The number of amides is 4. The quantitative estimate of drug-likeness (QED) is 0.649. The van der Waals surface area contributed by atoms with E-state index in [0.29, 0.717) is 38.4 Å². The number of urea groups is 1. The molecule has 8 nitrogen and oxygen atoms in total. The van der Waals surface area contributed by atoms with E-state index in [4.69, 9.17) is 0 Å². The first kappa shape index (κ1) is 21.2. The second-order valence-electron chi connectivity index (χ2n) is 8.54. The fraction of sp³-hybridized carbons (Fsp3) is 0.619. The van der Waals surface area contributed by atoms with Crippen LogP contribution in [0.2, 0.25) is 0 Å². The van der Waals surface area contributed by atoms with Crippen molar-refractivity contribution in [1.29, 1.82) is 0 Å². The number of hydrogen-bond acceptors (Lipinski definition) is 5. The highest BCUT2D eigenvalue weighted by Crippen LogP contribution is 2.33. The van der Waals surface area contributed by atoms with E-state index in [-0.39, 0.29) is 23.8 Å². The van der Waals surface area contributed by atoms with Gasteiger partial charge in [0.15, 0.2) is 0 Å². The molecule has 1 aromatic heterocycles. The lowest BCUT2D eigenvalue weighted by molar-refractivity contribution is -0.134. The maximum absolute atomic E-state index is 13.1. The van der Waals surface area contributed by atoms with Crippen molar-refractivity contribution in [2.75, 3.05) is 25.1 Å². The zero-order chi connectivity index (χ0) is 21.1. The van der Waals surface area contributed by atoms with Crippen LogP contribution in [0.3, 0.4) is 0 Å². The largest absolute Gasteiger partial charge is 0.326 e. The van der Waals surface area contributed by atoms with Gasteiger partial charge in [-0.1, -0.05) is 25.7 Å². The number of aromatic nitrogens is 1. The van der Waals surface area contributed by atoms with E-state index in [9.17, 15) is 14.4 Å². The van der Waals surface area contributed by atoms with Gasteiger partial charge in [-0.3, -0.25) is 14.5 Å². The van der Waals surface area contributed by atoms with Crippen LogP contribution in [0, 0.1) is 5.92 Å². The number of halogens is 1. The van der Waals surface area contributed by atoms with Gasteiger partial charge in [-0.15, -0.1) is 0 Å². The van der Waals surface area contributed by atoms with E-state index in [1.54, 1.807) is 12.3 Å². The summed E-state index contributed by atoms with van der Waals surface area (Å²) in [6.07, 6.45) is 8.71. The Hall–Kier alpha value is -2.00. The van der Waals surface area contributed by atoms with Gasteiger partial charge in [-0.2, -0.15) is 0 Å². The van der Waals surface area contributed by atoms with Crippen LogP contribution >= 0.6 is 15.9 Å². The highest BCUT2D eigenvalue weighted by atomic mass is 79.9. The normalized spacial score (nSPS) is 22.8. The highest BCUT2D eigenvalue weighted by Gasteiger charge is 2.51. The smallest absolute Gasteiger partial charge is 0.323 e. The Bertz CT molecular complexity index is 799. The summed E-state index contributed by atoms with van der Waals surface area (Å²) in [5.41, 5.74) is -0.691. The maximum Gasteiger partial charge on any atom is 0.326 e. The molecule has 1 aromatic rings. The lowest BCUT2D eigenvalue weighted by atomic mass is 9.90. The van der Waals surface area contributed by atoms with E-state index in [1.165, 1.54) is 4.90 Å². The molecule has 0 atom stereocenters. The highest BCUT2D eigenvalue weighted by molar-refractivity contribution is 9.10. The number of carbonyl (C=O) groups excluding carboxylic acids is 3. The fourth-order valence-electron chi connectivity index (χ4n) is 4.69. The minimum atomic E-state index is -0.691. The summed E-state index contributed by atoms with van der Waals surface area (Å²) in [5, 5.41) is 5.86. The summed E-state index contributed by atoms with van der Waals surface area (Å²) in [7, 11) is 0. The summed E-state index contributed by atoms with van der Waals surface area (Å²) < 4.78 is 0.861. The molecule has 0 unspecified atom stereocenters. The minimum absolute atomic E-state index is 0.0307. The van der Waals surface area contributed by atoms with Crippen LogP contribution in [0.15, 0.2) is 22.8 Å². The molecule has 2 aliphatic heterocycles. The van der Waals surface area contributed by atoms with E-state index >= 15 is 0 Å². The molecule has 1 aliphatic carbocycles. The predicted molar refractivity (Wildman–Crippen MR) is 116 cm³/mol. The molecule has 9 heteroatoms. The molecule has 0 radical (unpaired) electrons. The first-order valence-electron chi connectivity index (χ1n) is 10.8. The van der Waals surface area contributed by atoms with Crippen molar-refractivity contribution in [2.45, 2.75) is 56.9 Å². The molecule has 3 aliphatic rings. The van der Waals surface area contributed by atoms with E-state index in [1.807, 2.05) is 6.07 Å². The summed E-state index contributed by atoms with van der Waals surface area (Å²) in [4.78, 5) is 45.8. The monoisotopic (exact) mass is 477 g/mol. The van der Waals surface area contributed by atoms with Crippen molar-refractivity contribution < 1.29 is 14.4 Å². The Morgan fingerprint density at radius 3 is 2.50 bits per heavy atom. The topological polar surface area (TPSA) is 94.6 Å². The molecule has 4 rings (SSSR count). The molecule has 0 bridgehead atoms. The lowest BCUT2D eigenvalue weighted by Crippen LogP contribution is -2.48. The number of piperidine rings is 1. The molecule has 1 saturated carbocycles. The van der Waals surface area contributed by atoms with Gasteiger partial charge >= 0.3 is 6.03 Å². The summed E-state index contributed by atoms with van der Waals surface area (Å²) in [6.45, 7) is 1.65. The number of rotatable bonds is 4. The van der Waals surface area contributed by atoms with Crippen molar-refractivity contribution in [2.24, 2.45) is 5.92 Å². The zero-order valence-electron chi connectivity index (χ0n) is 17.0. The average Bonchev–Trinajstić information content (AvgIpc) is 2.90. The molecule has 3 fully saturated rings. The Morgan fingerprint density at radius 2 is 1.87 bits per heavy atom. The minimum Gasteiger partial charge on any atom is -0.323 e. The third-order valence-corrected chi connectivity index (χ3v) is 6.95. The van der Waals surface area contributed by atoms with Gasteiger partial charge in [0.2, 0.25) is 5.91 Å². The fourth-order valence-corrected chi connectivity index (χ4v) is 4.92. The maximum atomic E-state index is 13.1. The molecule has 1 spiro atoms. The van der Waals surface area contributed by atoms with Crippen LogP contribution < -0.4 is 10.6 Å². The Labute approximate surface area is 184 Å². The Kier molecular flexibility index (Phi) is 6.38. The van der Waals surface area contributed by atoms with Crippen LogP contribution in [0.4, 0.5) is 10.6 Å². The van der Waals surface area contributed by atoms with Gasteiger partial charge in [0, 0.05) is 29.7 Å². The Balaban J connectivity index is 1.29. The van der Waals surface area contributed by atoms with Gasteiger partial charge in [0.1, 0.15) is 11.4 Å². The molecule has 4 amide bonds. The third kappa shape index (κ3) is 4.51. The number of anilines is 1. The zero-order valence-corrected chi connectivity index (χ0v) is 18.6. The van der Waals surface area contributed by atoms with Crippen molar-refractivity contribution in [3.63, 3.8) is 0 Å². The van der Waals surface area contributed by atoms with Gasteiger partial charge in [0.05, 0.1) is 6.67 Å². The molecule has 3 heterocycles. The van der Waals surface area contributed by atoms with Crippen LogP contribution in [-0.4, -0.2) is 57.9 Å². The first-order chi connectivity index (χ1) is 14.5. The molecule has 30 heavy (non-hydrogen) atoms. The van der Waals surface area contributed by atoms with Crippen molar-refractivity contribution in [1.82, 2.24) is 20.1 Å². The molecule has 2 N–H and O–H groups in total. The van der Waals surface area contributed by atoms with Crippen LogP contribution in [-0.2, 0) is 9.59 Å². The third-order valence-electron chi connectivity index (χ3n) is 6.48. The number of pyridine rings is 1. The standard InChI is InChI=1S/C21H28BrN5O3/c22-16-5-6-17(23-13-16)24-18(28)15-7-11-26(12-8-15)14-27-19(29)21(25-20(27)30)9-3-1-2-4-10-21/h5-6,13,15H,1-4,7-12,14H2,(H,25,30)(H,23,24,28). The molecule has 0 aromatic carbocycles. The predicted octanol–water partition coefficient (Wildman–Crippen LogP) is 3.10. The molecule has 162 valence electrons. The van der Waals surface area contributed by atoms with E-state index in [2.05, 4.69) is 36.4 Å². The number of hydrogen-bond donors (Lipinski definition) is 2. The van der Waals surface area contributed by atoms with Crippen LogP contribution in [0.25, 0.3) is 0 Å². The van der Waals surface area contributed by atoms with E-state index < -0.39 is 5.54 Å². The van der Waals surface area contributed by atoms with Crippen LogP contribution in [0.1, 0.15) is 51.4 Å². The molecule has 2 saturated heterocycles. The van der Waals surface area contributed by atoms with Crippen molar-refractivity contribution in [3.05, 3.63) is 22.8 Å². The van der Waals surface area contributed by atoms with Gasteiger partial charge in [0.25, 0.3) is 5.91 Å². The first-order valence-corrected chi connectivity index (χ1v) is 11.5. The number of likely N-dealkylation sites (tertiary alicyclic amines) is 1. The molecular weight excluding hydrogens is 450 g/mol. The summed E-state index contributed by atoms with van der Waals surface area (Å²) >= 11 is 3.33. The second kappa shape index (κ2) is 9.01. The number of nitrogens with one attached hydrogen (secondary N) is 2. The number of nitrogens with zero attached hydrogens (tertiary/aromatic N) is 3. The second-order valence-corrected chi connectivity index (χ2v) is 9.46.